The maximum absolute atomic E-state index is 4.51. The predicted octanol–water partition coefficient (Wildman–Crippen LogP) is 2.70. The zero-order valence-electron chi connectivity index (χ0n) is 11.7. The lowest BCUT2D eigenvalue weighted by atomic mass is 10.0. The van der Waals surface area contributed by atoms with Gasteiger partial charge in [0.15, 0.2) is 0 Å². The Morgan fingerprint density at radius 3 is 2.17 bits per heavy atom. The number of piperazine rings is 1. The predicted molar refractivity (Wildman–Crippen MR) is 81.2 cm³/mol. The Kier molecular flexibility index (Phi) is 4.71. The molecular weight excluding hydrogens is 240 g/mol. The number of aryl methyl sites for hydroxylation is 2. The Labute approximate surface area is 116 Å². The normalized spacial score (nSPS) is 20.0. The molecule has 0 radical (unpaired) electrons. The molecule has 1 fully saturated rings. The highest BCUT2D eigenvalue weighted by Crippen LogP contribution is 2.17. The molecular formula is C15H24N2S. The molecule has 0 N–H and O–H groups in total. The van der Waals surface area contributed by atoms with E-state index in [1.54, 1.807) is 0 Å². The number of thiol groups is 1. The van der Waals surface area contributed by atoms with Gasteiger partial charge in [0, 0.05) is 38.1 Å². The van der Waals surface area contributed by atoms with E-state index in [-0.39, 0.29) is 0 Å². The summed E-state index contributed by atoms with van der Waals surface area (Å²) in [6, 6.07) is 6.58. The fraction of sp³-hybridized carbons (Fsp3) is 0.600. The average molecular weight is 264 g/mol. The average Bonchev–Trinajstić information content (AvgIpc) is 2.34. The van der Waals surface area contributed by atoms with Crippen LogP contribution >= 0.6 is 12.6 Å². The lowest BCUT2D eigenvalue weighted by Crippen LogP contribution is -2.47. The van der Waals surface area contributed by atoms with Crippen LogP contribution in [0.1, 0.15) is 23.6 Å². The molecule has 1 aromatic carbocycles. The van der Waals surface area contributed by atoms with Crippen molar-refractivity contribution in [3.05, 3.63) is 34.9 Å². The molecule has 18 heavy (non-hydrogen) atoms. The first-order valence-corrected chi connectivity index (χ1v) is 7.29. The number of nitrogens with zero attached hydrogens (tertiary/aromatic N) is 2. The van der Waals surface area contributed by atoms with Crippen LogP contribution in [0.4, 0.5) is 0 Å². The highest BCUT2D eigenvalue weighted by atomic mass is 32.1. The van der Waals surface area contributed by atoms with Crippen LogP contribution in [0.2, 0.25) is 0 Å². The Hall–Kier alpha value is -0.510. The van der Waals surface area contributed by atoms with Gasteiger partial charge in [-0.2, -0.15) is 12.6 Å². The highest BCUT2D eigenvalue weighted by Gasteiger charge is 2.19. The van der Waals surface area contributed by atoms with Gasteiger partial charge in [0.05, 0.1) is 0 Å². The minimum Gasteiger partial charge on any atom is -0.297 e. The van der Waals surface area contributed by atoms with E-state index >= 15 is 0 Å². The van der Waals surface area contributed by atoms with Crippen LogP contribution in [-0.2, 0) is 6.54 Å². The first-order chi connectivity index (χ1) is 8.58. The molecule has 1 aromatic rings. The van der Waals surface area contributed by atoms with Gasteiger partial charge in [-0.15, -0.1) is 0 Å². The third kappa shape index (κ3) is 3.28. The molecule has 3 heteroatoms. The van der Waals surface area contributed by atoms with E-state index in [0.717, 1.165) is 32.7 Å². The van der Waals surface area contributed by atoms with E-state index < -0.39 is 0 Å². The molecule has 100 valence electrons. The summed E-state index contributed by atoms with van der Waals surface area (Å²) in [6.07, 6.45) is 0. The molecule has 0 saturated carbocycles. The van der Waals surface area contributed by atoms with Crippen molar-refractivity contribution in [2.24, 2.45) is 0 Å². The molecule has 0 aromatic heterocycles. The van der Waals surface area contributed by atoms with Gasteiger partial charge in [-0.05, 0) is 37.5 Å². The van der Waals surface area contributed by atoms with Crippen LogP contribution < -0.4 is 0 Å². The van der Waals surface area contributed by atoms with Gasteiger partial charge in [-0.1, -0.05) is 18.2 Å². The third-order valence-electron chi connectivity index (χ3n) is 3.96. The molecule has 1 aliphatic rings. The van der Waals surface area contributed by atoms with Gasteiger partial charge in [0.2, 0.25) is 0 Å². The van der Waals surface area contributed by atoms with Gasteiger partial charge in [-0.25, -0.2) is 0 Å². The molecule has 1 aliphatic heterocycles. The lowest BCUT2D eigenvalue weighted by molar-refractivity contribution is 0.123. The van der Waals surface area contributed by atoms with E-state index in [4.69, 9.17) is 0 Å². The second-order valence-electron chi connectivity index (χ2n) is 5.31. The summed E-state index contributed by atoms with van der Waals surface area (Å²) in [5.41, 5.74) is 4.34. The van der Waals surface area contributed by atoms with Crippen molar-refractivity contribution >= 4 is 12.6 Å². The Morgan fingerprint density at radius 1 is 1.11 bits per heavy atom. The Balaban J connectivity index is 1.96. The molecule has 2 nitrogen and oxygen atoms in total. The maximum atomic E-state index is 4.51. The van der Waals surface area contributed by atoms with Crippen molar-refractivity contribution in [1.29, 1.82) is 0 Å². The number of rotatable bonds is 3. The smallest absolute Gasteiger partial charge is 0.0500 e. The SMILES string of the molecule is Cc1cccc(C)c1CN1CCN(C(C)S)CC1. The van der Waals surface area contributed by atoms with Gasteiger partial charge >= 0.3 is 0 Å². The van der Waals surface area contributed by atoms with Gasteiger partial charge in [-0.3, -0.25) is 9.80 Å². The summed E-state index contributed by atoms with van der Waals surface area (Å²) >= 11 is 4.51. The molecule has 1 heterocycles. The maximum Gasteiger partial charge on any atom is 0.0500 e. The van der Waals surface area contributed by atoms with Crippen LogP contribution in [0.5, 0.6) is 0 Å². The zero-order valence-corrected chi connectivity index (χ0v) is 12.6. The first kappa shape index (κ1) is 13.9. The number of benzene rings is 1. The minimum atomic E-state index is 0.382. The molecule has 0 bridgehead atoms. The standard InChI is InChI=1S/C15H24N2S/c1-12-5-4-6-13(2)15(12)11-16-7-9-17(10-8-16)14(3)18/h4-6,14,18H,7-11H2,1-3H3. The van der Waals surface area contributed by atoms with E-state index in [9.17, 15) is 0 Å². The summed E-state index contributed by atoms with van der Waals surface area (Å²) in [5.74, 6) is 0. The monoisotopic (exact) mass is 264 g/mol. The second kappa shape index (κ2) is 6.09. The van der Waals surface area contributed by atoms with E-state index in [2.05, 4.69) is 61.4 Å². The van der Waals surface area contributed by atoms with Crippen molar-refractivity contribution < 1.29 is 0 Å². The lowest BCUT2D eigenvalue weighted by Gasteiger charge is -2.36. The van der Waals surface area contributed by atoms with Crippen LogP contribution in [0.15, 0.2) is 18.2 Å². The summed E-state index contributed by atoms with van der Waals surface area (Å²) in [7, 11) is 0. The van der Waals surface area contributed by atoms with Crippen molar-refractivity contribution in [1.82, 2.24) is 9.80 Å². The molecule has 1 saturated heterocycles. The molecule has 1 atom stereocenters. The molecule has 0 amide bonds. The third-order valence-corrected chi connectivity index (χ3v) is 4.29. The number of hydrogen-bond acceptors (Lipinski definition) is 3. The molecule has 0 spiro atoms. The molecule has 2 rings (SSSR count). The summed E-state index contributed by atoms with van der Waals surface area (Å²) in [6.45, 7) is 12.3. The summed E-state index contributed by atoms with van der Waals surface area (Å²) < 4.78 is 0. The first-order valence-electron chi connectivity index (χ1n) is 6.77. The van der Waals surface area contributed by atoms with E-state index in [1.165, 1.54) is 16.7 Å². The van der Waals surface area contributed by atoms with Gasteiger partial charge in [0.25, 0.3) is 0 Å². The second-order valence-corrected chi connectivity index (χ2v) is 6.06. The Morgan fingerprint density at radius 2 is 1.67 bits per heavy atom. The van der Waals surface area contributed by atoms with Gasteiger partial charge < -0.3 is 0 Å². The summed E-state index contributed by atoms with van der Waals surface area (Å²) in [5, 5.41) is 0.382. The largest absolute Gasteiger partial charge is 0.297 e. The van der Waals surface area contributed by atoms with Crippen LogP contribution in [0.25, 0.3) is 0 Å². The zero-order chi connectivity index (χ0) is 13.1. The quantitative estimate of drug-likeness (QED) is 0.839. The van der Waals surface area contributed by atoms with E-state index in [1.807, 2.05) is 0 Å². The van der Waals surface area contributed by atoms with Crippen molar-refractivity contribution in [2.45, 2.75) is 32.7 Å². The fourth-order valence-electron chi connectivity index (χ4n) is 2.62. The topological polar surface area (TPSA) is 6.48 Å². The summed E-state index contributed by atoms with van der Waals surface area (Å²) in [4.78, 5) is 4.99. The fourth-order valence-corrected chi connectivity index (χ4v) is 2.85. The van der Waals surface area contributed by atoms with Crippen molar-refractivity contribution in [3.63, 3.8) is 0 Å². The minimum absolute atomic E-state index is 0.382. The van der Waals surface area contributed by atoms with Crippen LogP contribution in [0, 0.1) is 13.8 Å². The molecule has 1 unspecified atom stereocenters. The van der Waals surface area contributed by atoms with Crippen molar-refractivity contribution in [2.75, 3.05) is 26.2 Å². The van der Waals surface area contributed by atoms with Crippen LogP contribution in [-0.4, -0.2) is 41.4 Å². The number of hydrogen-bond donors (Lipinski definition) is 1. The Bertz CT molecular complexity index is 375. The van der Waals surface area contributed by atoms with Crippen molar-refractivity contribution in [3.8, 4) is 0 Å². The highest BCUT2D eigenvalue weighted by molar-refractivity contribution is 7.80. The molecule has 0 aliphatic carbocycles. The van der Waals surface area contributed by atoms with Gasteiger partial charge in [0.1, 0.15) is 0 Å². The van der Waals surface area contributed by atoms with E-state index in [0.29, 0.717) is 5.37 Å². The van der Waals surface area contributed by atoms with Crippen LogP contribution in [0.3, 0.4) is 0 Å².